The fourth-order valence-electron chi connectivity index (χ4n) is 1.87. The van der Waals surface area contributed by atoms with Crippen LogP contribution in [0, 0.1) is 10.1 Å². The zero-order chi connectivity index (χ0) is 15.4. The van der Waals surface area contributed by atoms with E-state index in [-0.39, 0.29) is 22.5 Å². The van der Waals surface area contributed by atoms with Gasteiger partial charge in [0.15, 0.2) is 0 Å². The van der Waals surface area contributed by atoms with E-state index in [2.05, 4.69) is 5.32 Å². The minimum Gasteiger partial charge on any atom is -0.325 e. The largest absolute Gasteiger partial charge is 0.325 e. The van der Waals surface area contributed by atoms with Gasteiger partial charge in [-0.15, -0.1) is 0 Å². The molecule has 1 N–H and O–H groups in total. The molecule has 0 aliphatic carbocycles. The smallest absolute Gasteiger partial charge is 0.289 e. The number of halogens is 1. The molecule has 0 bridgehead atoms. The number of carbonyl (C=O) groups is 1. The second kappa shape index (κ2) is 6.37. The summed E-state index contributed by atoms with van der Waals surface area (Å²) in [6, 6.07) is 13.5. The number of amides is 1. The van der Waals surface area contributed by atoms with E-state index in [9.17, 15) is 14.9 Å². The van der Waals surface area contributed by atoms with Gasteiger partial charge >= 0.3 is 0 Å². The van der Waals surface area contributed by atoms with Crippen LogP contribution in [0.4, 0.5) is 11.4 Å². The lowest BCUT2D eigenvalue weighted by molar-refractivity contribution is -0.384. The zero-order valence-corrected chi connectivity index (χ0v) is 12.0. The number of nitro groups is 1. The molecule has 0 fully saturated rings. The van der Waals surface area contributed by atoms with E-state index in [0.29, 0.717) is 5.69 Å². The number of hydrogen-bond donors (Lipinski definition) is 1. The Morgan fingerprint density at radius 2 is 1.90 bits per heavy atom. The van der Waals surface area contributed by atoms with Gasteiger partial charge in [0.25, 0.3) is 5.69 Å². The summed E-state index contributed by atoms with van der Waals surface area (Å²) in [6.45, 7) is 1.77. The van der Waals surface area contributed by atoms with Gasteiger partial charge in [-0.25, -0.2) is 0 Å². The van der Waals surface area contributed by atoms with Crippen LogP contribution in [0.5, 0.6) is 0 Å². The van der Waals surface area contributed by atoms with Crippen LogP contribution in [-0.4, -0.2) is 10.8 Å². The normalized spacial score (nSPS) is 11.7. The SMILES string of the molecule is C[C@H](C(=O)Nc1ccc(Cl)c([N+](=O)[O-])c1)c1ccccc1. The van der Waals surface area contributed by atoms with E-state index in [1.165, 1.54) is 18.2 Å². The zero-order valence-electron chi connectivity index (χ0n) is 11.2. The quantitative estimate of drug-likeness (QED) is 0.685. The summed E-state index contributed by atoms with van der Waals surface area (Å²) in [5, 5.41) is 13.5. The average molecular weight is 305 g/mol. The van der Waals surface area contributed by atoms with Crippen LogP contribution in [0.1, 0.15) is 18.4 Å². The van der Waals surface area contributed by atoms with Gasteiger partial charge in [0.2, 0.25) is 5.91 Å². The molecule has 0 aromatic heterocycles. The lowest BCUT2D eigenvalue weighted by Gasteiger charge is -2.12. The second-order valence-electron chi connectivity index (χ2n) is 4.54. The van der Waals surface area contributed by atoms with E-state index < -0.39 is 4.92 Å². The third-order valence-electron chi connectivity index (χ3n) is 3.10. The highest BCUT2D eigenvalue weighted by molar-refractivity contribution is 6.32. The molecule has 21 heavy (non-hydrogen) atoms. The highest BCUT2D eigenvalue weighted by Crippen LogP contribution is 2.28. The van der Waals surface area contributed by atoms with Gasteiger partial charge in [-0.1, -0.05) is 41.9 Å². The maximum Gasteiger partial charge on any atom is 0.289 e. The molecule has 2 aromatic carbocycles. The van der Waals surface area contributed by atoms with Crippen molar-refractivity contribution in [3.63, 3.8) is 0 Å². The van der Waals surface area contributed by atoms with Crippen molar-refractivity contribution in [1.82, 2.24) is 0 Å². The van der Waals surface area contributed by atoms with Gasteiger partial charge in [0.1, 0.15) is 5.02 Å². The van der Waals surface area contributed by atoms with Gasteiger partial charge < -0.3 is 5.32 Å². The summed E-state index contributed by atoms with van der Waals surface area (Å²) in [6.07, 6.45) is 0. The maximum atomic E-state index is 12.2. The Hall–Kier alpha value is -2.40. The number of rotatable bonds is 4. The van der Waals surface area contributed by atoms with Crippen molar-refractivity contribution in [2.24, 2.45) is 0 Å². The molecule has 0 spiro atoms. The third kappa shape index (κ3) is 3.58. The molecule has 0 saturated carbocycles. The molecule has 2 rings (SSSR count). The molecule has 1 amide bonds. The first kappa shape index (κ1) is 15.0. The Morgan fingerprint density at radius 1 is 1.24 bits per heavy atom. The Bertz CT molecular complexity index is 674. The van der Waals surface area contributed by atoms with Crippen molar-refractivity contribution >= 4 is 28.9 Å². The lowest BCUT2D eigenvalue weighted by Crippen LogP contribution is -2.18. The van der Waals surface area contributed by atoms with Crippen LogP contribution in [0.3, 0.4) is 0 Å². The van der Waals surface area contributed by atoms with E-state index >= 15 is 0 Å². The molecule has 0 radical (unpaired) electrons. The minimum atomic E-state index is -0.585. The lowest BCUT2D eigenvalue weighted by atomic mass is 10.0. The van der Waals surface area contributed by atoms with Gasteiger partial charge in [0, 0.05) is 11.8 Å². The summed E-state index contributed by atoms with van der Waals surface area (Å²) in [7, 11) is 0. The highest BCUT2D eigenvalue weighted by atomic mass is 35.5. The van der Waals surface area contributed by atoms with Gasteiger partial charge in [-0.2, -0.15) is 0 Å². The van der Waals surface area contributed by atoms with E-state index in [0.717, 1.165) is 5.56 Å². The van der Waals surface area contributed by atoms with Crippen molar-refractivity contribution in [3.8, 4) is 0 Å². The van der Waals surface area contributed by atoms with E-state index in [4.69, 9.17) is 11.6 Å². The summed E-state index contributed by atoms with van der Waals surface area (Å²) in [4.78, 5) is 22.4. The first-order valence-electron chi connectivity index (χ1n) is 6.29. The molecule has 5 nitrogen and oxygen atoms in total. The van der Waals surface area contributed by atoms with Crippen LogP contribution in [0.25, 0.3) is 0 Å². The van der Waals surface area contributed by atoms with Gasteiger partial charge in [0.05, 0.1) is 10.8 Å². The van der Waals surface area contributed by atoms with Crippen LogP contribution < -0.4 is 5.32 Å². The molecule has 0 aliphatic rings. The van der Waals surface area contributed by atoms with Crippen molar-refractivity contribution < 1.29 is 9.72 Å². The first-order chi connectivity index (χ1) is 9.99. The molecule has 0 saturated heterocycles. The number of nitrogens with one attached hydrogen (secondary N) is 1. The van der Waals surface area contributed by atoms with Crippen molar-refractivity contribution in [2.75, 3.05) is 5.32 Å². The Balaban J connectivity index is 2.16. The molecular weight excluding hydrogens is 292 g/mol. The first-order valence-corrected chi connectivity index (χ1v) is 6.66. The summed E-state index contributed by atoms with van der Waals surface area (Å²) >= 11 is 5.73. The van der Waals surface area contributed by atoms with Crippen LogP contribution >= 0.6 is 11.6 Å². The Morgan fingerprint density at radius 3 is 2.52 bits per heavy atom. The van der Waals surface area contributed by atoms with Gasteiger partial charge in [-0.05, 0) is 24.6 Å². The number of benzene rings is 2. The average Bonchev–Trinajstić information content (AvgIpc) is 2.49. The number of nitrogens with zero attached hydrogens (tertiary/aromatic N) is 1. The minimum absolute atomic E-state index is 0.0362. The molecule has 0 heterocycles. The van der Waals surface area contributed by atoms with E-state index in [1.54, 1.807) is 6.92 Å². The summed E-state index contributed by atoms with van der Waals surface area (Å²) in [5.74, 6) is -0.598. The molecule has 2 aromatic rings. The fraction of sp³-hybridized carbons (Fsp3) is 0.133. The number of carbonyl (C=O) groups excluding carboxylic acids is 1. The van der Waals surface area contributed by atoms with Crippen LogP contribution in [0.15, 0.2) is 48.5 Å². The summed E-state index contributed by atoms with van der Waals surface area (Å²) < 4.78 is 0. The van der Waals surface area contributed by atoms with E-state index in [1.807, 2.05) is 30.3 Å². The predicted octanol–water partition coefficient (Wildman–Crippen LogP) is 3.99. The molecule has 6 heteroatoms. The second-order valence-corrected chi connectivity index (χ2v) is 4.95. The number of anilines is 1. The molecular formula is C15H13ClN2O3. The van der Waals surface area contributed by atoms with Crippen LogP contribution in [-0.2, 0) is 4.79 Å². The van der Waals surface area contributed by atoms with Crippen molar-refractivity contribution in [3.05, 3.63) is 69.2 Å². The fourth-order valence-corrected chi connectivity index (χ4v) is 2.06. The predicted molar refractivity (Wildman–Crippen MR) is 81.6 cm³/mol. The third-order valence-corrected chi connectivity index (χ3v) is 3.42. The monoisotopic (exact) mass is 304 g/mol. The number of hydrogen-bond acceptors (Lipinski definition) is 3. The maximum absolute atomic E-state index is 12.2. The van der Waals surface area contributed by atoms with Crippen LogP contribution in [0.2, 0.25) is 5.02 Å². The molecule has 108 valence electrons. The van der Waals surface area contributed by atoms with Crippen molar-refractivity contribution in [1.29, 1.82) is 0 Å². The standard InChI is InChI=1S/C15H13ClN2O3/c1-10(11-5-3-2-4-6-11)15(19)17-12-7-8-13(16)14(9-12)18(20)21/h2-10H,1H3,(H,17,19)/t10-/m0/s1. The topological polar surface area (TPSA) is 72.2 Å². The molecule has 0 aliphatic heterocycles. The Kier molecular flexibility index (Phi) is 4.55. The summed E-state index contributed by atoms with van der Waals surface area (Å²) in [5.41, 5.74) is 0.985. The molecule has 0 unspecified atom stereocenters. The van der Waals surface area contributed by atoms with Crippen molar-refractivity contribution in [2.45, 2.75) is 12.8 Å². The van der Waals surface area contributed by atoms with Gasteiger partial charge in [-0.3, -0.25) is 14.9 Å². The molecule has 1 atom stereocenters. The number of nitro benzene ring substituents is 1. The highest BCUT2D eigenvalue weighted by Gasteiger charge is 2.17. The Labute approximate surface area is 126 Å².